The molecule has 10 nitrogen and oxygen atoms in total. The number of imidazole rings is 1. The Balaban J connectivity index is 1.50. The van der Waals surface area contributed by atoms with E-state index in [2.05, 4.69) is 25.0 Å². The maximum atomic E-state index is 12.3. The molecule has 3 heterocycles. The van der Waals surface area contributed by atoms with E-state index in [1.54, 1.807) is 0 Å². The molecule has 0 spiro atoms. The highest BCUT2D eigenvalue weighted by Crippen LogP contribution is 2.32. The van der Waals surface area contributed by atoms with Gasteiger partial charge in [0.2, 0.25) is 0 Å². The fourth-order valence-corrected chi connectivity index (χ4v) is 3.27. The second-order valence-electron chi connectivity index (χ2n) is 6.82. The molecule has 31 heavy (non-hydrogen) atoms. The first-order chi connectivity index (χ1) is 14.8. The first-order valence-electron chi connectivity index (χ1n) is 9.15. The lowest BCUT2D eigenvalue weighted by Crippen LogP contribution is -2.33. The summed E-state index contributed by atoms with van der Waals surface area (Å²) in [5.41, 5.74) is 1.35. The maximum Gasteiger partial charge on any atom is 0.573 e. The third-order valence-electron chi connectivity index (χ3n) is 4.77. The lowest BCUT2D eigenvalue weighted by atomic mass is 10.1. The predicted molar refractivity (Wildman–Crippen MR) is 98.8 cm³/mol. The van der Waals surface area contributed by atoms with E-state index in [0.29, 0.717) is 22.5 Å². The number of fused-ring (bicyclic) bond motifs is 1. The van der Waals surface area contributed by atoms with Gasteiger partial charge in [-0.05, 0) is 17.7 Å². The second-order valence-corrected chi connectivity index (χ2v) is 6.82. The average Bonchev–Trinajstić information content (AvgIpc) is 3.28. The molecule has 1 aromatic carbocycles. The second kappa shape index (κ2) is 8.26. The van der Waals surface area contributed by atoms with E-state index < -0.39 is 37.5 Å². The van der Waals surface area contributed by atoms with Gasteiger partial charge in [-0.1, -0.05) is 12.1 Å². The number of hydrogen-bond acceptors (Lipinski definition) is 9. The molecular formula is C18H18F3N5O5. The van der Waals surface area contributed by atoms with Crippen molar-refractivity contribution < 1.29 is 38.0 Å². The molecule has 0 bridgehead atoms. The Morgan fingerprint density at radius 3 is 2.48 bits per heavy atom. The van der Waals surface area contributed by atoms with Crippen LogP contribution in [0.25, 0.3) is 11.2 Å². The molecule has 0 unspecified atom stereocenters. The molecule has 4 N–H and O–H groups in total. The fourth-order valence-electron chi connectivity index (χ4n) is 3.27. The zero-order valence-electron chi connectivity index (χ0n) is 15.8. The Morgan fingerprint density at radius 1 is 1.10 bits per heavy atom. The highest BCUT2D eigenvalue weighted by molar-refractivity contribution is 5.82. The number of anilines is 1. The van der Waals surface area contributed by atoms with Crippen LogP contribution in [0.4, 0.5) is 19.0 Å². The number of halogens is 3. The summed E-state index contributed by atoms with van der Waals surface area (Å²) in [5, 5.41) is 32.5. The first kappa shape index (κ1) is 21.2. The van der Waals surface area contributed by atoms with E-state index in [1.165, 1.54) is 41.5 Å². The van der Waals surface area contributed by atoms with E-state index >= 15 is 0 Å². The van der Waals surface area contributed by atoms with Crippen molar-refractivity contribution in [1.29, 1.82) is 0 Å². The van der Waals surface area contributed by atoms with E-state index in [-0.39, 0.29) is 12.3 Å². The molecule has 1 fully saturated rings. The van der Waals surface area contributed by atoms with Crippen molar-refractivity contribution in [3.8, 4) is 5.75 Å². The van der Waals surface area contributed by atoms with Gasteiger partial charge in [0.1, 0.15) is 30.4 Å². The lowest BCUT2D eigenvalue weighted by molar-refractivity contribution is -0.274. The van der Waals surface area contributed by atoms with Gasteiger partial charge < -0.3 is 30.1 Å². The van der Waals surface area contributed by atoms with Crippen LogP contribution in [-0.2, 0) is 11.3 Å². The molecule has 3 aromatic rings. The molecule has 13 heteroatoms. The number of aliphatic hydroxyl groups excluding tert-OH is 3. The molecule has 0 radical (unpaired) electrons. The number of hydrogen-bond donors (Lipinski definition) is 4. The predicted octanol–water partition coefficient (Wildman–Crippen LogP) is 0.949. The largest absolute Gasteiger partial charge is 0.573 e. The van der Waals surface area contributed by atoms with Crippen LogP contribution < -0.4 is 10.1 Å². The van der Waals surface area contributed by atoms with Crippen LogP contribution in [0.1, 0.15) is 11.8 Å². The summed E-state index contributed by atoms with van der Waals surface area (Å²) in [6.45, 7) is -0.227. The summed E-state index contributed by atoms with van der Waals surface area (Å²) < 4.78 is 47.5. The highest BCUT2D eigenvalue weighted by atomic mass is 19.4. The monoisotopic (exact) mass is 441 g/mol. The van der Waals surface area contributed by atoms with Crippen molar-refractivity contribution in [2.75, 3.05) is 11.9 Å². The maximum absolute atomic E-state index is 12.3. The van der Waals surface area contributed by atoms with Crippen molar-refractivity contribution in [3.63, 3.8) is 0 Å². The Kier molecular flexibility index (Phi) is 5.66. The topological polar surface area (TPSA) is 135 Å². The van der Waals surface area contributed by atoms with Crippen LogP contribution in [0.15, 0.2) is 36.9 Å². The minimum absolute atomic E-state index is 0.235. The molecule has 2 aromatic heterocycles. The number of aromatic nitrogens is 4. The highest BCUT2D eigenvalue weighted by Gasteiger charge is 2.44. The minimum atomic E-state index is -4.75. The molecule has 166 valence electrons. The smallest absolute Gasteiger partial charge is 0.406 e. The van der Waals surface area contributed by atoms with Crippen molar-refractivity contribution >= 4 is 17.0 Å². The minimum Gasteiger partial charge on any atom is -0.406 e. The molecule has 1 aliphatic rings. The van der Waals surface area contributed by atoms with Gasteiger partial charge >= 0.3 is 6.36 Å². The summed E-state index contributed by atoms with van der Waals surface area (Å²) in [6, 6.07) is 5.36. The Hall–Kier alpha value is -3.00. The number of nitrogens with one attached hydrogen (secondary N) is 1. The quantitative estimate of drug-likeness (QED) is 0.441. The van der Waals surface area contributed by atoms with Gasteiger partial charge in [0.15, 0.2) is 23.2 Å². The number of alkyl halides is 3. The van der Waals surface area contributed by atoms with Crippen LogP contribution in [0, 0.1) is 0 Å². The van der Waals surface area contributed by atoms with Gasteiger partial charge in [0.25, 0.3) is 0 Å². The average molecular weight is 441 g/mol. The van der Waals surface area contributed by atoms with Crippen LogP contribution >= 0.6 is 0 Å². The number of ether oxygens (including phenoxy) is 2. The third-order valence-corrected chi connectivity index (χ3v) is 4.77. The summed E-state index contributed by atoms with van der Waals surface area (Å²) in [7, 11) is 0. The summed E-state index contributed by atoms with van der Waals surface area (Å²) in [4.78, 5) is 12.5. The molecule has 0 aliphatic carbocycles. The number of rotatable bonds is 6. The van der Waals surface area contributed by atoms with Crippen molar-refractivity contribution in [2.24, 2.45) is 0 Å². The molecule has 4 atom stereocenters. The van der Waals surface area contributed by atoms with Gasteiger partial charge in [0.05, 0.1) is 12.9 Å². The van der Waals surface area contributed by atoms with E-state index in [0.717, 1.165) is 0 Å². The van der Waals surface area contributed by atoms with Gasteiger partial charge in [-0.25, -0.2) is 15.0 Å². The van der Waals surface area contributed by atoms with Gasteiger partial charge in [-0.3, -0.25) is 4.57 Å². The normalized spacial score (nSPS) is 23.9. The third kappa shape index (κ3) is 4.39. The van der Waals surface area contributed by atoms with Crippen molar-refractivity contribution in [2.45, 2.75) is 37.4 Å². The van der Waals surface area contributed by atoms with E-state index in [1.807, 2.05) is 0 Å². The summed E-state index contributed by atoms with van der Waals surface area (Å²) >= 11 is 0. The van der Waals surface area contributed by atoms with Gasteiger partial charge in [0, 0.05) is 6.54 Å². The Morgan fingerprint density at radius 2 is 1.84 bits per heavy atom. The summed E-state index contributed by atoms with van der Waals surface area (Å²) in [5.74, 6) is 0.0315. The fraction of sp³-hybridized carbons (Fsp3) is 0.389. The van der Waals surface area contributed by atoms with Crippen LogP contribution in [0.3, 0.4) is 0 Å². The van der Waals surface area contributed by atoms with E-state index in [9.17, 15) is 28.5 Å². The number of benzene rings is 1. The first-order valence-corrected chi connectivity index (χ1v) is 9.15. The van der Waals surface area contributed by atoms with Crippen LogP contribution in [-0.4, -0.2) is 66.1 Å². The van der Waals surface area contributed by atoms with Gasteiger partial charge in [-0.15, -0.1) is 13.2 Å². The van der Waals surface area contributed by atoms with Crippen LogP contribution in [0.5, 0.6) is 5.75 Å². The molecule has 1 aliphatic heterocycles. The molecule has 4 rings (SSSR count). The molecule has 0 saturated carbocycles. The Labute approximate surface area is 172 Å². The van der Waals surface area contributed by atoms with Crippen molar-refractivity contribution in [1.82, 2.24) is 19.5 Å². The molecule has 1 saturated heterocycles. The Bertz CT molecular complexity index is 1050. The number of aliphatic hydroxyl groups is 3. The van der Waals surface area contributed by atoms with Crippen LogP contribution in [0.2, 0.25) is 0 Å². The van der Waals surface area contributed by atoms with Crippen molar-refractivity contribution in [3.05, 3.63) is 42.5 Å². The lowest BCUT2D eigenvalue weighted by Gasteiger charge is -2.16. The zero-order valence-corrected chi connectivity index (χ0v) is 15.8. The standard InChI is InChI=1S/C18H18F3N5O5/c19-18(20,21)31-10-3-1-9(2-4-10)5-22-15-12-16(24-7-23-15)26(8-25-12)17-14(29)13(28)11(6-27)30-17/h1-4,7-8,11,13-14,17,27-29H,5-6H2,(H,22,23,24)/t11-,13-,14-,17-/m1/s1. The zero-order chi connectivity index (χ0) is 22.2. The molecule has 0 amide bonds. The SMILES string of the molecule is OC[C@H]1O[C@@H](n2cnc3c(NCc4ccc(OC(F)(F)F)cc4)ncnc32)[C@H](O)[C@@H]1O. The number of nitrogens with zero attached hydrogens (tertiary/aromatic N) is 4. The van der Waals surface area contributed by atoms with Gasteiger partial charge in [-0.2, -0.15) is 0 Å². The molecular weight excluding hydrogens is 423 g/mol. The van der Waals surface area contributed by atoms with E-state index in [4.69, 9.17) is 4.74 Å². The summed E-state index contributed by atoms with van der Waals surface area (Å²) in [6.07, 6.45) is -6.62.